The van der Waals surface area contributed by atoms with Crippen LogP contribution in [-0.2, 0) is 19.1 Å². The molecule has 0 aliphatic heterocycles. The van der Waals surface area contributed by atoms with Crippen LogP contribution in [0.15, 0.2) is 24.3 Å². The average molecular weight is 348 g/mol. The Morgan fingerprint density at radius 1 is 1.12 bits per heavy atom. The number of carbonyl (C=O) groups is 3. The van der Waals surface area contributed by atoms with Crippen molar-refractivity contribution < 1.29 is 19.1 Å². The molecule has 1 aliphatic carbocycles. The van der Waals surface area contributed by atoms with E-state index in [-0.39, 0.29) is 23.6 Å². The van der Waals surface area contributed by atoms with E-state index in [9.17, 15) is 14.4 Å². The van der Waals surface area contributed by atoms with Crippen LogP contribution in [0.1, 0.15) is 71.1 Å². The number of hydrogen-bond acceptors (Lipinski definition) is 4. The molecule has 25 heavy (non-hydrogen) atoms. The highest BCUT2D eigenvalue weighted by molar-refractivity contribution is 5.94. The van der Waals surface area contributed by atoms with Crippen LogP contribution in [0.5, 0.6) is 0 Å². The minimum Gasteiger partial charge on any atom is -0.469 e. The van der Waals surface area contributed by atoms with E-state index in [4.69, 9.17) is 0 Å². The summed E-state index contributed by atoms with van der Waals surface area (Å²) in [6, 6.07) is 0. The summed E-state index contributed by atoms with van der Waals surface area (Å²) in [5, 5.41) is 0. The van der Waals surface area contributed by atoms with Gasteiger partial charge in [0.05, 0.1) is 7.11 Å². The third-order valence-corrected chi connectivity index (χ3v) is 4.74. The molecule has 0 saturated carbocycles. The van der Waals surface area contributed by atoms with Crippen molar-refractivity contribution in [2.24, 2.45) is 11.8 Å². The number of ether oxygens (including phenoxy) is 1. The first kappa shape index (κ1) is 21.3. The Hall–Kier alpha value is -1.71. The molecule has 0 bridgehead atoms. The van der Waals surface area contributed by atoms with Gasteiger partial charge < -0.3 is 4.74 Å². The number of ketones is 2. The van der Waals surface area contributed by atoms with Gasteiger partial charge in [-0.3, -0.25) is 14.4 Å². The van der Waals surface area contributed by atoms with Crippen molar-refractivity contribution >= 4 is 17.5 Å². The van der Waals surface area contributed by atoms with E-state index in [1.807, 2.05) is 18.2 Å². The lowest BCUT2D eigenvalue weighted by atomic mass is 9.87. The molecule has 0 heterocycles. The van der Waals surface area contributed by atoms with E-state index in [0.717, 1.165) is 38.5 Å². The number of unbranched alkanes of at least 4 members (excludes halogenated alkanes) is 3. The Labute approximate surface area is 151 Å². The van der Waals surface area contributed by atoms with Gasteiger partial charge in [-0.1, -0.05) is 38.0 Å². The van der Waals surface area contributed by atoms with E-state index in [1.54, 1.807) is 6.08 Å². The molecular formula is C21H32O4. The zero-order valence-electron chi connectivity index (χ0n) is 15.7. The lowest BCUT2D eigenvalue weighted by Gasteiger charge is -2.16. The molecule has 0 spiro atoms. The number of esters is 1. The predicted octanol–water partition coefficient (Wildman–Crippen LogP) is 4.58. The summed E-state index contributed by atoms with van der Waals surface area (Å²) in [4.78, 5) is 35.0. The van der Waals surface area contributed by atoms with E-state index < -0.39 is 0 Å². The van der Waals surface area contributed by atoms with Gasteiger partial charge in [-0.2, -0.15) is 0 Å². The van der Waals surface area contributed by atoms with Gasteiger partial charge in [-0.15, -0.1) is 0 Å². The first-order valence-electron chi connectivity index (χ1n) is 9.54. The minimum absolute atomic E-state index is 0.0275. The first-order valence-corrected chi connectivity index (χ1v) is 9.54. The van der Waals surface area contributed by atoms with Crippen LogP contribution >= 0.6 is 0 Å². The van der Waals surface area contributed by atoms with Crippen LogP contribution in [0.2, 0.25) is 0 Å². The highest BCUT2D eigenvalue weighted by Crippen LogP contribution is 2.30. The SMILES string of the molecule is CCCCCC(=O)CC[C@H]1C=CC(=O)C1CC=CCCCC(=O)OC. The zero-order valence-corrected chi connectivity index (χ0v) is 15.7. The molecule has 2 atom stereocenters. The molecule has 0 fully saturated rings. The maximum absolute atomic E-state index is 12.0. The summed E-state index contributed by atoms with van der Waals surface area (Å²) >= 11 is 0. The van der Waals surface area contributed by atoms with Crippen LogP contribution in [0.4, 0.5) is 0 Å². The number of Topliss-reactive ketones (excluding diaryl/α,β-unsaturated/α-hetero) is 1. The van der Waals surface area contributed by atoms with Gasteiger partial charge in [0.2, 0.25) is 0 Å². The maximum atomic E-state index is 12.0. The number of carbonyl (C=O) groups excluding carboxylic acids is 3. The van der Waals surface area contributed by atoms with Gasteiger partial charge in [0.15, 0.2) is 5.78 Å². The summed E-state index contributed by atoms with van der Waals surface area (Å²) in [5.74, 6) is 0.454. The van der Waals surface area contributed by atoms with Crippen molar-refractivity contribution in [3.63, 3.8) is 0 Å². The second-order valence-electron chi connectivity index (χ2n) is 6.74. The largest absolute Gasteiger partial charge is 0.469 e. The van der Waals surface area contributed by atoms with E-state index in [2.05, 4.69) is 11.7 Å². The van der Waals surface area contributed by atoms with Crippen LogP contribution in [0.3, 0.4) is 0 Å². The lowest BCUT2D eigenvalue weighted by molar-refractivity contribution is -0.140. The molecule has 0 amide bonds. The van der Waals surface area contributed by atoms with Crippen LogP contribution in [-0.4, -0.2) is 24.6 Å². The molecule has 0 aromatic rings. The van der Waals surface area contributed by atoms with Crippen molar-refractivity contribution in [1.29, 1.82) is 0 Å². The average Bonchev–Trinajstić information content (AvgIpc) is 2.96. The van der Waals surface area contributed by atoms with Crippen molar-refractivity contribution in [2.75, 3.05) is 7.11 Å². The van der Waals surface area contributed by atoms with Crippen molar-refractivity contribution in [2.45, 2.75) is 71.1 Å². The second kappa shape index (κ2) is 12.6. The minimum atomic E-state index is -0.188. The van der Waals surface area contributed by atoms with Crippen LogP contribution < -0.4 is 0 Å². The standard InChI is InChI=1S/C21H32O4/c1-3-4-7-10-18(22)15-13-17-14-16-20(23)19(17)11-8-5-6-9-12-21(24)25-2/h5,8,14,16-17,19H,3-4,6-7,9-13,15H2,1-2H3/t17-,19?/m0/s1. The third kappa shape index (κ3) is 8.80. The smallest absolute Gasteiger partial charge is 0.305 e. The fraction of sp³-hybridized carbons (Fsp3) is 0.667. The van der Waals surface area contributed by atoms with E-state index >= 15 is 0 Å². The van der Waals surface area contributed by atoms with Gasteiger partial charge in [-0.25, -0.2) is 0 Å². The molecule has 0 aromatic carbocycles. The quantitative estimate of drug-likeness (QED) is 0.278. The fourth-order valence-corrected chi connectivity index (χ4v) is 3.13. The topological polar surface area (TPSA) is 60.4 Å². The Morgan fingerprint density at radius 3 is 2.64 bits per heavy atom. The van der Waals surface area contributed by atoms with Gasteiger partial charge >= 0.3 is 5.97 Å². The van der Waals surface area contributed by atoms with Crippen LogP contribution in [0.25, 0.3) is 0 Å². The molecule has 4 nitrogen and oxygen atoms in total. The summed E-state index contributed by atoms with van der Waals surface area (Å²) in [6.45, 7) is 2.13. The molecule has 1 unspecified atom stereocenters. The van der Waals surface area contributed by atoms with Crippen molar-refractivity contribution in [3.05, 3.63) is 24.3 Å². The number of hydrogen-bond donors (Lipinski definition) is 0. The summed E-state index contributed by atoms with van der Waals surface area (Å²) in [7, 11) is 1.39. The summed E-state index contributed by atoms with van der Waals surface area (Å²) < 4.78 is 4.60. The van der Waals surface area contributed by atoms with Gasteiger partial charge in [0.25, 0.3) is 0 Å². The molecule has 0 aromatic heterocycles. The molecule has 0 radical (unpaired) electrons. The predicted molar refractivity (Wildman–Crippen MR) is 99.1 cm³/mol. The van der Waals surface area contributed by atoms with Crippen molar-refractivity contribution in [3.8, 4) is 0 Å². The highest BCUT2D eigenvalue weighted by atomic mass is 16.5. The second-order valence-corrected chi connectivity index (χ2v) is 6.74. The van der Waals surface area contributed by atoms with Crippen molar-refractivity contribution in [1.82, 2.24) is 0 Å². The summed E-state index contributed by atoms with van der Waals surface area (Å²) in [6.07, 6.45) is 15.6. The Kier molecular flexibility index (Phi) is 10.8. The normalized spacial score (nSPS) is 19.7. The molecule has 0 saturated heterocycles. The molecule has 140 valence electrons. The number of rotatable bonds is 13. The zero-order chi connectivity index (χ0) is 18.5. The Bertz CT molecular complexity index is 490. The van der Waals surface area contributed by atoms with E-state index in [0.29, 0.717) is 31.5 Å². The molecule has 1 aliphatic rings. The highest BCUT2D eigenvalue weighted by Gasteiger charge is 2.28. The van der Waals surface area contributed by atoms with Gasteiger partial charge in [-0.05, 0) is 44.1 Å². The molecular weight excluding hydrogens is 316 g/mol. The maximum Gasteiger partial charge on any atom is 0.305 e. The van der Waals surface area contributed by atoms with Gasteiger partial charge in [0.1, 0.15) is 5.78 Å². The molecule has 1 rings (SSSR count). The fourth-order valence-electron chi connectivity index (χ4n) is 3.13. The van der Waals surface area contributed by atoms with E-state index in [1.165, 1.54) is 7.11 Å². The first-order chi connectivity index (χ1) is 12.1. The molecule has 0 N–H and O–H groups in total. The van der Waals surface area contributed by atoms with Crippen LogP contribution in [0, 0.1) is 11.8 Å². The Morgan fingerprint density at radius 2 is 1.92 bits per heavy atom. The van der Waals surface area contributed by atoms with Gasteiger partial charge in [0, 0.05) is 25.2 Å². The third-order valence-electron chi connectivity index (χ3n) is 4.74. The molecule has 4 heteroatoms. The number of methoxy groups -OCH3 is 1. The summed E-state index contributed by atoms with van der Waals surface area (Å²) in [5.41, 5.74) is 0. The monoisotopic (exact) mass is 348 g/mol. The lowest BCUT2D eigenvalue weighted by Crippen LogP contribution is -2.16. The Balaban J connectivity index is 2.28. The number of allylic oxidation sites excluding steroid dienone is 4.